The maximum Gasteiger partial charge on any atom is 0.145 e. The summed E-state index contributed by atoms with van der Waals surface area (Å²) in [5, 5.41) is 11.6. The van der Waals surface area contributed by atoms with Gasteiger partial charge in [0.1, 0.15) is 29.8 Å². The fraction of sp³-hybridized carbons (Fsp3) is 0.200. The molecule has 3 rings (SSSR count). The van der Waals surface area contributed by atoms with Crippen LogP contribution in [0.5, 0.6) is 11.5 Å². The van der Waals surface area contributed by atoms with Crippen LogP contribution in [0.25, 0.3) is 0 Å². The van der Waals surface area contributed by atoms with Gasteiger partial charge in [-0.2, -0.15) is 0 Å². The molecule has 19 heavy (non-hydrogen) atoms. The van der Waals surface area contributed by atoms with Crippen LogP contribution in [0.4, 0.5) is 5.69 Å². The third-order valence-corrected chi connectivity index (χ3v) is 3.30. The molecule has 98 valence electrons. The molecule has 4 nitrogen and oxygen atoms in total. The van der Waals surface area contributed by atoms with Crippen molar-refractivity contribution in [1.29, 1.82) is 0 Å². The molecule has 2 aromatic carbocycles. The summed E-state index contributed by atoms with van der Waals surface area (Å²) < 4.78 is 11.0. The molecule has 1 aliphatic heterocycles. The zero-order valence-electron chi connectivity index (χ0n) is 10.6. The molecule has 0 saturated heterocycles. The highest BCUT2D eigenvalue weighted by atomic mass is 16.5. The Hall–Kier alpha value is -2.20. The third-order valence-electron chi connectivity index (χ3n) is 3.30. The number of fused-ring (bicyclic) bond motifs is 1. The van der Waals surface area contributed by atoms with Crippen molar-refractivity contribution in [3.63, 3.8) is 0 Å². The zero-order valence-corrected chi connectivity index (χ0v) is 10.6. The monoisotopic (exact) mass is 257 g/mol. The highest BCUT2D eigenvalue weighted by molar-refractivity contribution is 5.60. The number of anilines is 1. The van der Waals surface area contributed by atoms with Crippen LogP contribution in [0.15, 0.2) is 48.5 Å². The summed E-state index contributed by atoms with van der Waals surface area (Å²) >= 11 is 0. The van der Waals surface area contributed by atoms with Gasteiger partial charge in [0.2, 0.25) is 0 Å². The Kier molecular flexibility index (Phi) is 3.01. The molecule has 0 spiro atoms. The average molecular weight is 257 g/mol. The lowest BCUT2D eigenvalue weighted by molar-refractivity contribution is 0.146. The Bertz CT molecular complexity index is 585. The summed E-state index contributed by atoms with van der Waals surface area (Å²) in [5.74, 6) is 1.44. The molecule has 1 atom stereocenters. The normalized spacial score (nSPS) is 17.6. The molecule has 0 saturated carbocycles. The molecular weight excluding hydrogens is 242 g/mol. The van der Waals surface area contributed by atoms with Crippen LogP contribution in [0.3, 0.4) is 0 Å². The van der Waals surface area contributed by atoms with E-state index in [4.69, 9.17) is 9.47 Å². The van der Waals surface area contributed by atoms with Gasteiger partial charge < -0.3 is 9.47 Å². The van der Waals surface area contributed by atoms with Crippen molar-refractivity contribution in [1.82, 2.24) is 0 Å². The van der Waals surface area contributed by atoms with Gasteiger partial charge in [0, 0.05) is 5.56 Å². The lowest BCUT2D eigenvalue weighted by Gasteiger charge is -2.34. The van der Waals surface area contributed by atoms with Crippen molar-refractivity contribution < 1.29 is 14.7 Å². The first-order chi connectivity index (χ1) is 9.31. The van der Waals surface area contributed by atoms with E-state index < -0.39 is 0 Å². The average Bonchev–Trinajstić information content (AvgIpc) is 2.48. The van der Waals surface area contributed by atoms with Crippen LogP contribution >= 0.6 is 0 Å². The minimum absolute atomic E-state index is 0.272. The number of rotatable bonds is 2. The van der Waals surface area contributed by atoms with E-state index >= 15 is 0 Å². The standard InChI is InChI=1S/C15H15NO3/c1-18-14-8-4-2-6-11(14)13-10-19-15-9-5-3-7-12(15)16(13)17/h2-9,13,17H,10H2,1H3. The number of para-hydroxylation sites is 3. The van der Waals surface area contributed by atoms with Gasteiger partial charge in [-0.3, -0.25) is 5.21 Å². The smallest absolute Gasteiger partial charge is 0.145 e. The SMILES string of the molecule is COc1ccccc1C1COc2ccccc2N1O. The van der Waals surface area contributed by atoms with E-state index in [1.54, 1.807) is 7.11 Å². The van der Waals surface area contributed by atoms with Crippen molar-refractivity contribution in [2.45, 2.75) is 6.04 Å². The highest BCUT2D eigenvalue weighted by Gasteiger charge is 2.29. The van der Waals surface area contributed by atoms with Crippen LogP contribution in [0.1, 0.15) is 11.6 Å². The fourth-order valence-corrected chi connectivity index (χ4v) is 2.34. The molecule has 1 N–H and O–H groups in total. The van der Waals surface area contributed by atoms with E-state index in [1.165, 1.54) is 5.06 Å². The lowest BCUT2D eigenvalue weighted by atomic mass is 10.0. The minimum atomic E-state index is -0.272. The largest absolute Gasteiger partial charge is 0.496 e. The first-order valence-corrected chi connectivity index (χ1v) is 6.14. The van der Waals surface area contributed by atoms with E-state index in [-0.39, 0.29) is 6.04 Å². The van der Waals surface area contributed by atoms with Gasteiger partial charge in [0.15, 0.2) is 0 Å². The Balaban J connectivity index is 2.00. The summed E-state index contributed by atoms with van der Waals surface area (Å²) in [6, 6.07) is 14.8. The molecule has 1 aliphatic rings. The van der Waals surface area contributed by atoms with Crippen LogP contribution in [-0.4, -0.2) is 18.9 Å². The van der Waals surface area contributed by atoms with Gasteiger partial charge in [-0.25, -0.2) is 5.06 Å². The predicted molar refractivity (Wildman–Crippen MR) is 71.9 cm³/mol. The van der Waals surface area contributed by atoms with Crippen molar-refractivity contribution in [2.24, 2.45) is 0 Å². The molecular formula is C15H15NO3. The lowest BCUT2D eigenvalue weighted by Crippen LogP contribution is -2.34. The fourth-order valence-electron chi connectivity index (χ4n) is 2.34. The van der Waals surface area contributed by atoms with E-state index in [0.29, 0.717) is 18.0 Å². The van der Waals surface area contributed by atoms with Crippen molar-refractivity contribution in [2.75, 3.05) is 18.8 Å². The molecule has 0 fully saturated rings. The Labute approximate surface area is 111 Å². The summed E-state index contributed by atoms with van der Waals surface area (Å²) in [4.78, 5) is 0. The zero-order chi connectivity index (χ0) is 13.2. The Morgan fingerprint density at radius 3 is 2.74 bits per heavy atom. The van der Waals surface area contributed by atoms with E-state index in [9.17, 15) is 5.21 Å². The van der Waals surface area contributed by atoms with E-state index in [0.717, 1.165) is 11.3 Å². The number of hydroxylamine groups is 1. The second-order valence-corrected chi connectivity index (χ2v) is 4.38. The van der Waals surface area contributed by atoms with Crippen LogP contribution in [0.2, 0.25) is 0 Å². The molecule has 4 heteroatoms. The summed E-state index contributed by atoms with van der Waals surface area (Å²) in [7, 11) is 1.62. The van der Waals surface area contributed by atoms with Crippen LogP contribution in [0, 0.1) is 0 Å². The Morgan fingerprint density at radius 1 is 1.16 bits per heavy atom. The molecule has 1 heterocycles. The summed E-state index contributed by atoms with van der Waals surface area (Å²) in [6.07, 6.45) is 0. The van der Waals surface area contributed by atoms with Crippen molar-refractivity contribution in [3.8, 4) is 11.5 Å². The van der Waals surface area contributed by atoms with Gasteiger partial charge in [-0.15, -0.1) is 0 Å². The molecule has 0 bridgehead atoms. The number of hydrogen-bond acceptors (Lipinski definition) is 4. The number of nitrogens with zero attached hydrogens (tertiary/aromatic N) is 1. The number of methoxy groups -OCH3 is 1. The third kappa shape index (κ3) is 2.00. The predicted octanol–water partition coefficient (Wildman–Crippen LogP) is 3.02. The van der Waals surface area contributed by atoms with Gasteiger partial charge >= 0.3 is 0 Å². The molecule has 0 radical (unpaired) electrons. The number of benzene rings is 2. The maximum atomic E-state index is 10.4. The highest BCUT2D eigenvalue weighted by Crippen LogP contribution is 2.39. The molecule has 0 aromatic heterocycles. The topological polar surface area (TPSA) is 41.9 Å². The maximum absolute atomic E-state index is 10.4. The van der Waals surface area contributed by atoms with Gasteiger partial charge in [0.25, 0.3) is 0 Å². The van der Waals surface area contributed by atoms with Crippen LogP contribution < -0.4 is 14.5 Å². The summed E-state index contributed by atoms with van der Waals surface area (Å²) in [6.45, 7) is 0.383. The second-order valence-electron chi connectivity index (χ2n) is 4.38. The van der Waals surface area contributed by atoms with Crippen molar-refractivity contribution >= 4 is 5.69 Å². The van der Waals surface area contributed by atoms with E-state index in [2.05, 4.69) is 0 Å². The van der Waals surface area contributed by atoms with Gasteiger partial charge in [-0.05, 0) is 18.2 Å². The first kappa shape index (κ1) is 11.9. The molecule has 1 unspecified atom stereocenters. The van der Waals surface area contributed by atoms with Crippen molar-refractivity contribution in [3.05, 3.63) is 54.1 Å². The minimum Gasteiger partial charge on any atom is -0.496 e. The van der Waals surface area contributed by atoms with Gasteiger partial charge in [-0.1, -0.05) is 30.3 Å². The second kappa shape index (κ2) is 4.82. The van der Waals surface area contributed by atoms with Crippen LogP contribution in [-0.2, 0) is 0 Å². The van der Waals surface area contributed by atoms with E-state index in [1.807, 2.05) is 48.5 Å². The Morgan fingerprint density at radius 2 is 1.89 bits per heavy atom. The number of hydrogen-bond donors (Lipinski definition) is 1. The number of ether oxygens (including phenoxy) is 2. The summed E-state index contributed by atoms with van der Waals surface area (Å²) in [5.41, 5.74) is 1.58. The molecule has 0 amide bonds. The first-order valence-electron chi connectivity index (χ1n) is 6.14. The van der Waals surface area contributed by atoms with Gasteiger partial charge in [0.05, 0.1) is 7.11 Å². The quantitative estimate of drug-likeness (QED) is 0.898. The molecule has 2 aromatic rings. The molecule has 0 aliphatic carbocycles.